The van der Waals surface area contributed by atoms with Crippen molar-refractivity contribution < 1.29 is 24.8 Å². The van der Waals surface area contributed by atoms with Crippen molar-refractivity contribution in [2.45, 2.75) is 51.6 Å². The average molecular weight is 317 g/mol. The van der Waals surface area contributed by atoms with Gasteiger partial charge in [-0.15, -0.1) is 0 Å². The van der Waals surface area contributed by atoms with E-state index in [1.165, 1.54) is 27.9 Å². The van der Waals surface area contributed by atoms with E-state index in [0.29, 0.717) is 25.8 Å². The molecule has 0 fully saturated rings. The second-order valence-corrected chi connectivity index (χ2v) is 5.45. The summed E-state index contributed by atoms with van der Waals surface area (Å²) in [6.45, 7) is 3.16. The molecule has 0 aliphatic heterocycles. The highest BCUT2D eigenvalue weighted by Crippen LogP contribution is 2.07. The van der Waals surface area contributed by atoms with E-state index in [9.17, 15) is 24.8 Å². The predicted octanol–water partition coefficient (Wildman–Crippen LogP) is 0.220. The molecular formula is C14H27N3O5. The Labute approximate surface area is 131 Å². The van der Waals surface area contributed by atoms with Crippen LogP contribution in [0.25, 0.3) is 0 Å². The van der Waals surface area contributed by atoms with Gasteiger partial charge in [-0.2, -0.15) is 10.1 Å². The molecule has 0 radical (unpaired) electrons. The molecule has 1 amide bonds. The molecule has 0 aromatic heterocycles. The third kappa shape index (κ3) is 8.18. The third-order valence-corrected chi connectivity index (χ3v) is 3.45. The molecule has 8 heteroatoms. The van der Waals surface area contributed by atoms with Gasteiger partial charge < -0.3 is 15.7 Å². The second-order valence-electron chi connectivity index (χ2n) is 5.45. The van der Waals surface area contributed by atoms with Gasteiger partial charge in [-0.3, -0.25) is 14.4 Å². The lowest BCUT2D eigenvalue weighted by atomic mass is 10.1. The summed E-state index contributed by atoms with van der Waals surface area (Å²) in [5.41, 5.74) is 0. The smallest absolute Gasteiger partial charge is 0.222 e. The molecule has 128 valence electrons. The number of likely N-dealkylation sites (N-methyl/N-ethyl adjacent to an activating group) is 2. The van der Waals surface area contributed by atoms with Gasteiger partial charge in [-0.25, -0.2) is 0 Å². The molecule has 8 nitrogen and oxygen atoms in total. The topological polar surface area (TPSA) is 110 Å². The van der Waals surface area contributed by atoms with Crippen LogP contribution < -0.4 is 5.32 Å². The number of Topliss-reactive ketones (excluding diaryl/α,β-unsaturated/α-hetero) is 2. The quantitative estimate of drug-likeness (QED) is 0.369. The first-order valence-corrected chi connectivity index (χ1v) is 7.27. The minimum absolute atomic E-state index is 0.0994. The van der Waals surface area contributed by atoms with Crippen LogP contribution in [0.15, 0.2) is 0 Å². The summed E-state index contributed by atoms with van der Waals surface area (Å²) in [4.78, 5) is 34.2. The molecule has 0 rings (SSSR count). The fraction of sp³-hybridized carbons (Fsp3) is 0.786. The zero-order valence-corrected chi connectivity index (χ0v) is 13.7. The Kier molecular flexibility index (Phi) is 9.75. The number of nitrogens with one attached hydrogen (secondary N) is 1. The molecule has 0 saturated carbocycles. The first-order valence-electron chi connectivity index (χ1n) is 7.27. The fourth-order valence-corrected chi connectivity index (χ4v) is 2.13. The van der Waals surface area contributed by atoms with Crippen LogP contribution >= 0.6 is 0 Å². The van der Waals surface area contributed by atoms with Crippen LogP contribution in [0.3, 0.4) is 0 Å². The maximum atomic E-state index is 11.7. The van der Waals surface area contributed by atoms with Crippen molar-refractivity contribution in [2.24, 2.45) is 0 Å². The SMILES string of the molecule is CC(=O)[C@H](CCCCNC(=O)C[C@@H](C(C)=O)N(C)O)N(C)O. The molecule has 0 heterocycles. The molecule has 0 aromatic carbocycles. The summed E-state index contributed by atoms with van der Waals surface area (Å²) in [6, 6.07) is -1.37. The number of amides is 1. The van der Waals surface area contributed by atoms with Gasteiger partial charge in [0.05, 0.1) is 12.5 Å². The minimum atomic E-state index is -0.842. The molecule has 0 aliphatic rings. The second kappa shape index (κ2) is 10.4. The standard InChI is InChI=1S/C14H27N3O5/c1-10(18)12(16(3)21)7-5-6-8-15-14(20)9-13(11(2)19)17(4)22/h12-13,21-22H,5-9H2,1-4H3,(H,15,20)/t12-,13-/m0/s1. The van der Waals surface area contributed by atoms with Gasteiger partial charge in [0.1, 0.15) is 17.6 Å². The maximum Gasteiger partial charge on any atom is 0.222 e. The van der Waals surface area contributed by atoms with Crippen LogP contribution in [0, 0.1) is 0 Å². The van der Waals surface area contributed by atoms with Crippen molar-refractivity contribution in [3.05, 3.63) is 0 Å². The van der Waals surface area contributed by atoms with Crippen molar-refractivity contribution in [2.75, 3.05) is 20.6 Å². The van der Waals surface area contributed by atoms with Crippen molar-refractivity contribution in [1.29, 1.82) is 0 Å². The van der Waals surface area contributed by atoms with E-state index >= 15 is 0 Å². The normalized spacial score (nSPS) is 14.0. The number of unbranched alkanes of at least 4 members (excludes halogenated alkanes) is 1. The van der Waals surface area contributed by atoms with E-state index in [-0.39, 0.29) is 23.9 Å². The Hall–Kier alpha value is -1.35. The van der Waals surface area contributed by atoms with Crippen LogP contribution in [-0.4, -0.2) is 70.7 Å². The Morgan fingerprint density at radius 2 is 1.45 bits per heavy atom. The average Bonchev–Trinajstić information content (AvgIpc) is 2.38. The van der Waals surface area contributed by atoms with Gasteiger partial charge in [0.2, 0.25) is 5.91 Å². The molecule has 0 aromatic rings. The Bertz CT molecular complexity index is 385. The molecule has 22 heavy (non-hydrogen) atoms. The van der Waals surface area contributed by atoms with Gasteiger partial charge >= 0.3 is 0 Å². The minimum Gasteiger partial charge on any atom is -0.356 e. The largest absolute Gasteiger partial charge is 0.356 e. The van der Waals surface area contributed by atoms with Crippen molar-refractivity contribution >= 4 is 17.5 Å². The number of carbonyl (C=O) groups excluding carboxylic acids is 3. The Morgan fingerprint density at radius 3 is 1.86 bits per heavy atom. The van der Waals surface area contributed by atoms with Crippen molar-refractivity contribution in [1.82, 2.24) is 15.4 Å². The number of rotatable bonds is 11. The van der Waals surface area contributed by atoms with E-state index in [1.807, 2.05) is 0 Å². The first-order chi connectivity index (χ1) is 10.2. The van der Waals surface area contributed by atoms with Gasteiger partial charge in [-0.1, -0.05) is 0 Å². The van der Waals surface area contributed by atoms with E-state index in [1.54, 1.807) is 0 Å². The summed E-state index contributed by atoms with van der Waals surface area (Å²) >= 11 is 0. The maximum absolute atomic E-state index is 11.7. The van der Waals surface area contributed by atoms with Gasteiger partial charge in [0.15, 0.2) is 0 Å². The number of carbonyl (C=O) groups is 3. The summed E-state index contributed by atoms with van der Waals surface area (Å²) in [5.74, 6) is -0.705. The Morgan fingerprint density at radius 1 is 0.955 bits per heavy atom. The van der Waals surface area contributed by atoms with Crippen LogP contribution in [0.4, 0.5) is 0 Å². The lowest BCUT2D eigenvalue weighted by Gasteiger charge is -2.20. The van der Waals surface area contributed by atoms with Crippen LogP contribution in [0.1, 0.15) is 39.5 Å². The van der Waals surface area contributed by atoms with E-state index < -0.39 is 12.1 Å². The Balaban J connectivity index is 3.99. The molecule has 0 spiro atoms. The van der Waals surface area contributed by atoms with Crippen molar-refractivity contribution in [3.63, 3.8) is 0 Å². The number of hydroxylamine groups is 4. The molecular weight excluding hydrogens is 290 g/mol. The lowest BCUT2D eigenvalue weighted by molar-refractivity contribution is -0.148. The van der Waals surface area contributed by atoms with E-state index in [4.69, 9.17) is 0 Å². The van der Waals surface area contributed by atoms with Crippen LogP contribution in [-0.2, 0) is 14.4 Å². The number of nitrogens with zero attached hydrogens (tertiary/aromatic N) is 2. The zero-order chi connectivity index (χ0) is 17.3. The molecule has 2 atom stereocenters. The first kappa shape index (κ1) is 20.6. The number of hydrogen-bond acceptors (Lipinski definition) is 7. The molecule has 0 aliphatic carbocycles. The van der Waals surface area contributed by atoms with Gasteiger partial charge in [0.25, 0.3) is 0 Å². The molecule has 3 N–H and O–H groups in total. The summed E-state index contributed by atoms with van der Waals surface area (Å²) in [6.07, 6.45) is 1.74. The van der Waals surface area contributed by atoms with Crippen LogP contribution in [0.2, 0.25) is 0 Å². The highest BCUT2D eigenvalue weighted by Gasteiger charge is 2.22. The van der Waals surface area contributed by atoms with E-state index in [0.717, 1.165) is 10.1 Å². The summed E-state index contributed by atoms with van der Waals surface area (Å²) < 4.78 is 0. The van der Waals surface area contributed by atoms with Crippen LogP contribution in [0.5, 0.6) is 0 Å². The molecule has 0 saturated heterocycles. The van der Waals surface area contributed by atoms with Gasteiger partial charge in [-0.05, 0) is 33.1 Å². The highest BCUT2D eigenvalue weighted by molar-refractivity contribution is 5.88. The summed E-state index contributed by atoms with van der Waals surface area (Å²) in [5, 5.41) is 22.9. The monoisotopic (exact) mass is 317 g/mol. The number of ketones is 2. The number of hydrogen-bond donors (Lipinski definition) is 3. The third-order valence-electron chi connectivity index (χ3n) is 3.45. The van der Waals surface area contributed by atoms with Gasteiger partial charge in [0, 0.05) is 20.6 Å². The van der Waals surface area contributed by atoms with Crippen molar-refractivity contribution in [3.8, 4) is 0 Å². The zero-order valence-electron chi connectivity index (χ0n) is 13.7. The highest BCUT2D eigenvalue weighted by atomic mass is 16.5. The predicted molar refractivity (Wildman–Crippen MR) is 79.5 cm³/mol. The molecule has 0 unspecified atom stereocenters. The molecule has 0 bridgehead atoms. The lowest BCUT2D eigenvalue weighted by Crippen LogP contribution is -2.40. The summed E-state index contributed by atoms with van der Waals surface area (Å²) in [7, 11) is 2.76. The fourth-order valence-electron chi connectivity index (χ4n) is 2.13. The van der Waals surface area contributed by atoms with E-state index in [2.05, 4.69) is 5.32 Å².